The van der Waals surface area contributed by atoms with E-state index in [9.17, 15) is 18.0 Å². The van der Waals surface area contributed by atoms with Gasteiger partial charge in [0.15, 0.2) is 5.78 Å². The molecule has 0 unspecified atom stereocenters. The number of carbonyl (C=O) groups excluding carboxylic acids is 1. The van der Waals surface area contributed by atoms with Crippen LogP contribution in [0.3, 0.4) is 0 Å². The summed E-state index contributed by atoms with van der Waals surface area (Å²) in [6.07, 6.45) is -3.11. The SMILES string of the molecule is CN(C)c1cc(C(F)(F)F)cc(-c2ccc(CC(=O)C=Nc3ccc(Cl)cc3)cc2)n1. The van der Waals surface area contributed by atoms with E-state index in [1.165, 1.54) is 11.1 Å². The third kappa shape index (κ3) is 6.15. The maximum Gasteiger partial charge on any atom is 0.416 e. The highest BCUT2D eigenvalue weighted by atomic mass is 35.5. The zero-order valence-electron chi connectivity index (χ0n) is 16.8. The Kier molecular flexibility index (Phi) is 6.75. The van der Waals surface area contributed by atoms with Crippen molar-refractivity contribution in [3.05, 3.63) is 76.8 Å². The number of anilines is 1. The second-order valence-electron chi connectivity index (χ2n) is 7.07. The number of carbonyl (C=O) groups is 1. The average Bonchev–Trinajstić information content (AvgIpc) is 2.73. The minimum absolute atomic E-state index is 0.121. The third-order valence-electron chi connectivity index (χ3n) is 4.41. The Morgan fingerprint density at radius 2 is 1.71 bits per heavy atom. The van der Waals surface area contributed by atoms with Crippen molar-refractivity contribution in [2.45, 2.75) is 12.6 Å². The van der Waals surface area contributed by atoms with Crippen molar-refractivity contribution >= 4 is 35.1 Å². The van der Waals surface area contributed by atoms with E-state index in [2.05, 4.69) is 9.98 Å². The molecular formula is C23H19ClF3N3O. The molecule has 31 heavy (non-hydrogen) atoms. The van der Waals surface area contributed by atoms with Crippen LogP contribution < -0.4 is 4.90 Å². The van der Waals surface area contributed by atoms with Crippen LogP contribution >= 0.6 is 11.6 Å². The van der Waals surface area contributed by atoms with Gasteiger partial charge in [-0.15, -0.1) is 0 Å². The summed E-state index contributed by atoms with van der Waals surface area (Å²) in [7, 11) is 3.26. The van der Waals surface area contributed by atoms with Crippen LogP contribution in [0.1, 0.15) is 11.1 Å². The summed E-state index contributed by atoms with van der Waals surface area (Å²) < 4.78 is 39.7. The molecular weight excluding hydrogens is 427 g/mol. The normalized spacial score (nSPS) is 11.7. The maximum absolute atomic E-state index is 13.2. The Bertz CT molecular complexity index is 1090. The van der Waals surface area contributed by atoms with Gasteiger partial charge in [0.2, 0.25) is 0 Å². The summed E-state index contributed by atoms with van der Waals surface area (Å²) in [5.74, 6) is 0.0114. The number of aliphatic imine (C=N–C) groups is 1. The van der Waals surface area contributed by atoms with E-state index in [1.807, 2.05) is 0 Å². The number of hydrogen-bond donors (Lipinski definition) is 0. The van der Waals surface area contributed by atoms with E-state index in [0.29, 0.717) is 16.3 Å². The molecule has 0 atom stereocenters. The minimum atomic E-state index is -4.47. The lowest BCUT2D eigenvalue weighted by atomic mass is 10.0. The molecule has 0 fully saturated rings. The van der Waals surface area contributed by atoms with Gasteiger partial charge in [0, 0.05) is 31.1 Å². The summed E-state index contributed by atoms with van der Waals surface area (Å²) in [6, 6.07) is 15.5. The molecule has 0 saturated carbocycles. The molecule has 4 nitrogen and oxygen atoms in total. The molecule has 0 N–H and O–H groups in total. The number of halogens is 4. The summed E-state index contributed by atoms with van der Waals surface area (Å²) in [4.78, 5) is 22.1. The van der Waals surface area contributed by atoms with Gasteiger partial charge in [0.05, 0.1) is 23.2 Å². The lowest BCUT2D eigenvalue weighted by Gasteiger charge is -2.16. The summed E-state index contributed by atoms with van der Waals surface area (Å²) in [6.45, 7) is 0. The Hall–Kier alpha value is -3.19. The molecule has 1 aromatic heterocycles. The van der Waals surface area contributed by atoms with Gasteiger partial charge in [-0.05, 0) is 42.0 Å². The number of benzene rings is 2. The van der Waals surface area contributed by atoms with Gasteiger partial charge in [-0.1, -0.05) is 35.9 Å². The summed E-state index contributed by atoms with van der Waals surface area (Å²) in [5, 5.41) is 0.582. The van der Waals surface area contributed by atoms with Gasteiger partial charge in [-0.3, -0.25) is 9.79 Å². The second kappa shape index (κ2) is 9.31. The molecule has 3 aromatic rings. The first-order valence-corrected chi connectivity index (χ1v) is 9.68. The Morgan fingerprint density at radius 1 is 1.06 bits per heavy atom. The van der Waals surface area contributed by atoms with Gasteiger partial charge in [-0.25, -0.2) is 4.98 Å². The van der Waals surface area contributed by atoms with E-state index in [1.54, 1.807) is 62.6 Å². The van der Waals surface area contributed by atoms with Crippen molar-refractivity contribution in [1.29, 1.82) is 0 Å². The van der Waals surface area contributed by atoms with Crippen LogP contribution in [0.15, 0.2) is 65.7 Å². The molecule has 0 radical (unpaired) electrons. The Morgan fingerprint density at radius 3 is 2.29 bits per heavy atom. The van der Waals surface area contributed by atoms with Crippen LogP contribution in [0.5, 0.6) is 0 Å². The first kappa shape index (κ1) is 22.5. The quantitative estimate of drug-likeness (QED) is 0.437. The molecule has 0 saturated heterocycles. The third-order valence-corrected chi connectivity index (χ3v) is 4.66. The fourth-order valence-corrected chi connectivity index (χ4v) is 2.90. The maximum atomic E-state index is 13.2. The number of nitrogens with zero attached hydrogens (tertiary/aromatic N) is 3. The Balaban J connectivity index is 1.76. The molecule has 8 heteroatoms. The predicted octanol–water partition coefficient (Wildman–Crippen LogP) is 6.00. The highest BCUT2D eigenvalue weighted by Gasteiger charge is 2.32. The lowest BCUT2D eigenvalue weighted by Crippen LogP contribution is -2.14. The number of pyridine rings is 1. The number of hydrogen-bond acceptors (Lipinski definition) is 4. The van der Waals surface area contributed by atoms with Crippen molar-refractivity contribution in [1.82, 2.24) is 4.98 Å². The number of aromatic nitrogens is 1. The van der Waals surface area contributed by atoms with Gasteiger partial charge in [-0.2, -0.15) is 13.2 Å². The van der Waals surface area contributed by atoms with Crippen molar-refractivity contribution in [3.63, 3.8) is 0 Å². The van der Waals surface area contributed by atoms with Gasteiger partial charge < -0.3 is 4.90 Å². The fourth-order valence-electron chi connectivity index (χ4n) is 2.77. The van der Waals surface area contributed by atoms with Crippen LogP contribution in [0.2, 0.25) is 5.02 Å². The fraction of sp³-hybridized carbons (Fsp3) is 0.174. The molecule has 0 spiro atoms. The number of Topliss-reactive ketones (excluding diaryl/α,β-unsaturated/α-hetero) is 1. The van der Waals surface area contributed by atoms with Crippen LogP contribution in [-0.4, -0.2) is 31.1 Å². The van der Waals surface area contributed by atoms with Crippen LogP contribution in [0, 0.1) is 0 Å². The van der Waals surface area contributed by atoms with Crippen LogP contribution in [0.4, 0.5) is 24.7 Å². The number of alkyl halides is 3. The standard InChI is InChI=1S/C23H19ClF3N3O/c1-30(2)22-13-17(23(25,26)27)12-21(29-22)16-5-3-15(4-6-16)11-20(31)14-28-19-9-7-18(24)8-10-19/h3-10,12-14H,11H2,1-2H3. The topological polar surface area (TPSA) is 45.6 Å². The monoisotopic (exact) mass is 445 g/mol. The van der Waals surface area contributed by atoms with Crippen molar-refractivity contribution < 1.29 is 18.0 Å². The number of ketones is 1. The molecule has 0 aliphatic heterocycles. The average molecular weight is 446 g/mol. The molecule has 3 rings (SSSR count). The first-order chi connectivity index (χ1) is 14.6. The first-order valence-electron chi connectivity index (χ1n) is 9.30. The largest absolute Gasteiger partial charge is 0.416 e. The molecule has 0 amide bonds. The Labute approximate surface area is 183 Å². The zero-order chi connectivity index (χ0) is 22.6. The summed E-state index contributed by atoms with van der Waals surface area (Å²) in [5.41, 5.74) is 1.30. The van der Waals surface area contributed by atoms with Crippen molar-refractivity contribution in [3.8, 4) is 11.3 Å². The molecule has 0 aliphatic carbocycles. The smallest absolute Gasteiger partial charge is 0.363 e. The second-order valence-corrected chi connectivity index (χ2v) is 7.50. The van der Waals surface area contributed by atoms with Crippen LogP contribution in [-0.2, 0) is 17.4 Å². The van der Waals surface area contributed by atoms with E-state index in [0.717, 1.165) is 17.7 Å². The van der Waals surface area contributed by atoms with Crippen molar-refractivity contribution in [2.75, 3.05) is 19.0 Å². The molecule has 160 valence electrons. The van der Waals surface area contributed by atoms with E-state index in [-0.39, 0.29) is 23.7 Å². The van der Waals surface area contributed by atoms with Gasteiger partial charge in [0.25, 0.3) is 0 Å². The van der Waals surface area contributed by atoms with Crippen molar-refractivity contribution in [2.24, 2.45) is 4.99 Å². The minimum Gasteiger partial charge on any atom is -0.363 e. The van der Waals surface area contributed by atoms with Crippen LogP contribution in [0.25, 0.3) is 11.3 Å². The molecule has 0 bridgehead atoms. The molecule has 1 heterocycles. The zero-order valence-corrected chi connectivity index (χ0v) is 17.6. The molecule has 0 aliphatic rings. The van der Waals surface area contributed by atoms with E-state index >= 15 is 0 Å². The molecule has 2 aromatic carbocycles. The van der Waals surface area contributed by atoms with Gasteiger partial charge in [0.1, 0.15) is 5.82 Å². The highest BCUT2D eigenvalue weighted by Crippen LogP contribution is 2.34. The van der Waals surface area contributed by atoms with Gasteiger partial charge >= 0.3 is 6.18 Å². The predicted molar refractivity (Wildman–Crippen MR) is 117 cm³/mol. The van der Waals surface area contributed by atoms with E-state index < -0.39 is 11.7 Å². The lowest BCUT2D eigenvalue weighted by molar-refractivity contribution is -0.137. The van der Waals surface area contributed by atoms with E-state index in [4.69, 9.17) is 11.6 Å². The highest BCUT2D eigenvalue weighted by molar-refractivity contribution is 6.30. The summed E-state index contributed by atoms with van der Waals surface area (Å²) >= 11 is 5.81. The number of rotatable bonds is 6.